The van der Waals surface area contributed by atoms with Crippen molar-refractivity contribution in [2.75, 3.05) is 40.9 Å². The van der Waals surface area contributed by atoms with E-state index in [1.54, 1.807) is 6.08 Å². The highest BCUT2D eigenvalue weighted by atomic mass is 31.2. The monoisotopic (exact) mass is 770 g/mol. The van der Waals surface area contributed by atoms with E-state index in [2.05, 4.69) is 43.5 Å². The molecule has 0 heterocycles. The van der Waals surface area contributed by atoms with Gasteiger partial charge in [0, 0.05) is 6.42 Å². The van der Waals surface area contributed by atoms with Crippen molar-refractivity contribution in [1.82, 2.24) is 5.32 Å². The lowest BCUT2D eigenvalue weighted by atomic mass is 10.0. The minimum atomic E-state index is -4.34. The number of hydrogen-bond acceptors (Lipinski definition) is 5. The molecule has 3 atom stereocenters. The number of aliphatic hydroxyl groups excluding tert-OH is 1. The average Bonchev–Trinajstić information content (AvgIpc) is 3.10. The molecule has 8 nitrogen and oxygen atoms in total. The molecule has 0 aliphatic carbocycles. The molecule has 3 N–H and O–H groups in total. The Labute approximate surface area is 327 Å². The molecule has 0 saturated carbocycles. The highest BCUT2D eigenvalue weighted by Crippen LogP contribution is 2.43. The number of amides is 1. The smallest absolute Gasteiger partial charge is 0.387 e. The Morgan fingerprint density at radius 3 is 1.51 bits per heavy atom. The average molecular weight is 770 g/mol. The van der Waals surface area contributed by atoms with Crippen LogP contribution in [0.2, 0.25) is 0 Å². The largest absolute Gasteiger partial charge is 0.472 e. The van der Waals surface area contributed by atoms with Crippen LogP contribution in [0, 0.1) is 0 Å². The molecule has 0 aromatic rings. The molecule has 0 aromatic carbocycles. The van der Waals surface area contributed by atoms with Crippen LogP contribution in [0.1, 0.15) is 187 Å². The van der Waals surface area contributed by atoms with Gasteiger partial charge in [-0.05, 0) is 44.9 Å². The number of carbonyl (C=O) groups is 1. The van der Waals surface area contributed by atoms with Crippen LogP contribution in [0.15, 0.2) is 36.5 Å². The number of nitrogens with one attached hydrogen (secondary N) is 1. The molecule has 0 fully saturated rings. The Bertz CT molecular complexity index is 964. The van der Waals surface area contributed by atoms with Gasteiger partial charge in [0.05, 0.1) is 39.9 Å². The van der Waals surface area contributed by atoms with E-state index in [0.29, 0.717) is 17.4 Å². The quantitative estimate of drug-likeness (QED) is 0.0249. The highest BCUT2D eigenvalue weighted by molar-refractivity contribution is 7.47. The Morgan fingerprint density at radius 2 is 1.04 bits per heavy atom. The first-order valence-electron chi connectivity index (χ1n) is 21.9. The maximum Gasteiger partial charge on any atom is 0.472 e. The zero-order valence-electron chi connectivity index (χ0n) is 35.3. The summed E-state index contributed by atoms with van der Waals surface area (Å²) in [4.78, 5) is 22.9. The number of phosphoric ester groups is 1. The molecule has 0 saturated heterocycles. The number of nitrogens with zero attached hydrogens (tertiary/aromatic N) is 1. The molecule has 53 heavy (non-hydrogen) atoms. The van der Waals surface area contributed by atoms with E-state index >= 15 is 0 Å². The molecule has 0 rings (SSSR count). The van der Waals surface area contributed by atoms with Crippen LogP contribution in [-0.2, 0) is 18.4 Å². The van der Waals surface area contributed by atoms with Gasteiger partial charge < -0.3 is 19.8 Å². The van der Waals surface area contributed by atoms with E-state index in [1.807, 2.05) is 27.2 Å². The summed E-state index contributed by atoms with van der Waals surface area (Å²) in [5.74, 6) is -0.197. The van der Waals surface area contributed by atoms with Crippen LogP contribution < -0.4 is 5.32 Å². The number of hydrogen-bond donors (Lipinski definition) is 3. The molecule has 312 valence electrons. The van der Waals surface area contributed by atoms with Crippen molar-refractivity contribution in [3.05, 3.63) is 36.5 Å². The topological polar surface area (TPSA) is 105 Å². The first-order valence-corrected chi connectivity index (χ1v) is 23.4. The molecule has 0 aliphatic heterocycles. The fourth-order valence-corrected chi connectivity index (χ4v) is 6.81. The van der Waals surface area contributed by atoms with Gasteiger partial charge in [0.25, 0.3) is 0 Å². The van der Waals surface area contributed by atoms with Gasteiger partial charge in [-0.3, -0.25) is 13.8 Å². The van der Waals surface area contributed by atoms with E-state index in [1.165, 1.54) is 122 Å². The van der Waals surface area contributed by atoms with Gasteiger partial charge in [0.2, 0.25) is 5.91 Å². The lowest BCUT2D eigenvalue weighted by Crippen LogP contribution is -2.45. The first-order chi connectivity index (χ1) is 25.5. The summed E-state index contributed by atoms with van der Waals surface area (Å²) in [6, 6.07) is -0.864. The lowest BCUT2D eigenvalue weighted by Gasteiger charge is -2.25. The van der Waals surface area contributed by atoms with Crippen LogP contribution in [0.5, 0.6) is 0 Å². The van der Waals surface area contributed by atoms with Crippen LogP contribution in [-0.4, -0.2) is 73.4 Å². The fraction of sp³-hybridized carbons (Fsp3) is 0.841. The van der Waals surface area contributed by atoms with Gasteiger partial charge in [-0.1, -0.05) is 172 Å². The van der Waals surface area contributed by atoms with Gasteiger partial charge >= 0.3 is 7.82 Å². The van der Waals surface area contributed by atoms with E-state index in [9.17, 15) is 19.4 Å². The molecule has 0 radical (unpaired) electrons. The minimum Gasteiger partial charge on any atom is -0.387 e. The number of carbonyl (C=O) groups excluding carboxylic acids is 1. The van der Waals surface area contributed by atoms with Crippen molar-refractivity contribution in [3.8, 4) is 0 Å². The zero-order valence-corrected chi connectivity index (χ0v) is 36.1. The summed E-state index contributed by atoms with van der Waals surface area (Å²) < 4.78 is 23.4. The lowest BCUT2D eigenvalue weighted by molar-refractivity contribution is -0.870. The summed E-state index contributed by atoms with van der Waals surface area (Å²) in [7, 11) is 1.54. The summed E-state index contributed by atoms with van der Waals surface area (Å²) in [5.41, 5.74) is 0. The zero-order chi connectivity index (χ0) is 39.3. The number of likely N-dealkylation sites (N-methyl/N-ethyl adjacent to an activating group) is 1. The number of rotatable bonds is 39. The second kappa shape index (κ2) is 36.4. The second-order valence-electron chi connectivity index (χ2n) is 16.1. The Balaban J connectivity index is 4.36. The normalized spacial score (nSPS) is 14.8. The van der Waals surface area contributed by atoms with Gasteiger partial charge in [0.15, 0.2) is 0 Å². The van der Waals surface area contributed by atoms with Gasteiger partial charge in [-0.15, -0.1) is 0 Å². The molecule has 9 heteroatoms. The Morgan fingerprint density at radius 1 is 0.623 bits per heavy atom. The summed E-state index contributed by atoms with van der Waals surface area (Å²) in [6.07, 6.45) is 43.8. The molecule has 3 unspecified atom stereocenters. The summed E-state index contributed by atoms with van der Waals surface area (Å²) in [6.45, 7) is 4.74. The van der Waals surface area contributed by atoms with Crippen molar-refractivity contribution in [2.24, 2.45) is 0 Å². The van der Waals surface area contributed by atoms with Crippen molar-refractivity contribution in [1.29, 1.82) is 0 Å². The SMILES string of the molecule is CCCCCCCCCCCCCCC/C=C/CC/C=C/CC/C=C/C(O)C(COP(=O)(O)OCC[N+](C)(C)C)NC(=O)CCCCCCCCCC. The highest BCUT2D eigenvalue weighted by Gasteiger charge is 2.27. The maximum atomic E-state index is 12.7. The number of unbranched alkanes of at least 4 members (excludes halogenated alkanes) is 22. The summed E-state index contributed by atoms with van der Waals surface area (Å²) >= 11 is 0. The Hall–Kier alpha value is -1.28. The molecule has 0 spiro atoms. The first kappa shape index (κ1) is 51.7. The van der Waals surface area contributed by atoms with Crippen molar-refractivity contribution < 1.29 is 32.9 Å². The predicted octanol–water partition coefficient (Wildman–Crippen LogP) is 11.9. The number of quaternary nitrogens is 1. The Kier molecular flexibility index (Phi) is 35.5. The third-order valence-electron chi connectivity index (χ3n) is 9.59. The van der Waals surface area contributed by atoms with Crippen LogP contribution in [0.4, 0.5) is 0 Å². The molecular weight excluding hydrogens is 683 g/mol. The van der Waals surface area contributed by atoms with Crippen molar-refractivity contribution >= 4 is 13.7 Å². The number of allylic oxidation sites excluding steroid dienone is 5. The van der Waals surface area contributed by atoms with Gasteiger partial charge in [0.1, 0.15) is 13.2 Å². The van der Waals surface area contributed by atoms with Gasteiger partial charge in [-0.25, -0.2) is 4.57 Å². The van der Waals surface area contributed by atoms with Crippen LogP contribution in [0.25, 0.3) is 0 Å². The maximum absolute atomic E-state index is 12.7. The molecule has 0 aromatic heterocycles. The van der Waals surface area contributed by atoms with E-state index in [0.717, 1.165) is 44.9 Å². The van der Waals surface area contributed by atoms with Gasteiger partial charge in [-0.2, -0.15) is 0 Å². The third-order valence-corrected chi connectivity index (χ3v) is 10.6. The predicted molar refractivity (Wildman–Crippen MR) is 226 cm³/mol. The second-order valence-corrected chi connectivity index (χ2v) is 17.5. The molecular formula is C44H86N2O6P+. The summed E-state index contributed by atoms with van der Waals surface area (Å²) in [5, 5.41) is 13.7. The standard InChI is InChI=1S/C44H85N2O6P/c1-6-8-10-12-14-16-17-18-19-20-21-22-23-24-25-26-27-28-29-30-31-33-35-37-43(47)42(41-52-53(49,50)51-40-39-46(3,4)5)45-44(48)38-36-34-32-15-13-11-9-7-2/h25-26,29-30,35,37,42-43,47H,6-24,27-28,31-34,36,38-41H2,1-5H3,(H-,45,48,49,50)/p+1/b26-25+,30-29+,37-35+. The van der Waals surface area contributed by atoms with Crippen molar-refractivity contribution in [3.63, 3.8) is 0 Å². The van der Waals surface area contributed by atoms with Crippen LogP contribution >= 0.6 is 7.82 Å². The number of aliphatic hydroxyl groups is 1. The van der Waals surface area contributed by atoms with Crippen LogP contribution in [0.3, 0.4) is 0 Å². The molecule has 1 amide bonds. The fourth-order valence-electron chi connectivity index (χ4n) is 6.07. The molecule has 0 bridgehead atoms. The van der Waals surface area contributed by atoms with E-state index in [4.69, 9.17) is 9.05 Å². The van der Waals surface area contributed by atoms with Crippen molar-refractivity contribution in [2.45, 2.75) is 199 Å². The third kappa shape index (κ3) is 38.8. The van der Waals surface area contributed by atoms with E-state index < -0.39 is 20.0 Å². The number of phosphoric acid groups is 1. The molecule has 0 aliphatic rings. The minimum absolute atomic E-state index is 0.0541. The van der Waals surface area contributed by atoms with E-state index in [-0.39, 0.29) is 19.1 Å².